The third-order valence-corrected chi connectivity index (χ3v) is 3.51. The van der Waals surface area contributed by atoms with E-state index in [-0.39, 0.29) is 6.10 Å². The molecule has 1 saturated heterocycles. The van der Waals surface area contributed by atoms with Crippen LogP contribution in [0.2, 0.25) is 0 Å². The fourth-order valence-electron chi connectivity index (χ4n) is 2.14. The molecule has 2 rings (SSSR count). The van der Waals surface area contributed by atoms with Crippen LogP contribution < -0.4 is 0 Å². The van der Waals surface area contributed by atoms with Gasteiger partial charge >= 0.3 is 0 Å². The van der Waals surface area contributed by atoms with Gasteiger partial charge in [-0.3, -0.25) is 0 Å². The Labute approximate surface area is 107 Å². The first kappa shape index (κ1) is 12.7. The first-order valence-corrected chi connectivity index (χ1v) is 6.42. The minimum absolute atomic E-state index is 0.0139. The van der Waals surface area contributed by atoms with Crippen molar-refractivity contribution in [2.24, 2.45) is 0 Å². The van der Waals surface area contributed by atoms with Crippen molar-refractivity contribution in [2.45, 2.75) is 26.4 Å². The summed E-state index contributed by atoms with van der Waals surface area (Å²) in [5.41, 5.74) is 2.24. The van der Waals surface area contributed by atoms with Gasteiger partial charge in [0, 0.05) is 24.3 Å². The summed E-state index contributed by atoms with van der Waals surface area (Å²) >= 11 is 5.32. The maximum absolute atomic E-state index is 5.74. The van der Waals surface area contributed by atoms with Crippen LogP contribution in [0.1, 0.15) is 30.1 Å². The molecule has 5 heteroatoms. The Morgan fingerprint density at radius 3 is 2.94 bits per heavy atom. The number of likely N-dealkylation sites (N-methyl/N-ethyl adjacent to an activating group) is 1. The molecule has 94 valence electrons. The average molecular weight is 253 g/mol. The van der Waals surface area contributed by atoms with Crippen molar-refractivity contribution in [1.29, 1.82) is 0 Å². The van der Waals surface area contributed by atoms with Crippen molar-refractivity contribution in [3.05, 3.63) is 21.7 Å². The maximum Gasteiger partial charge on any atom is 0.138 e. The molecule has 1 unspecified atom stereocenters. The van der Waals surface area contributed by atoms with Gasteiger partial charge in [0.1, 0.15) is 16.6 Å². The molecule has 0 aliphatic carbocycles. The summed E-state index contributed by atoms with van der Waals surface area (Å²) in [5.74, 6) is 0.858. The van der Waals surface area contributed by atoms with E-state index in [1.165, 1.54) is 0 Å². The molecular weight excluding hydrogens is 234 g/mol. The lowest BCUT2D eigenvalue weighted by Gasteiger charge is -2.29. The summed E-state index contributed by atoms with van der Waals surface area (Å²) in [5, 5.41) is 0. The van der Waals surface area contributed by atoms with Crippen molar-refractivity contribution in [2.75, 3.05) is 26.7 Å². The highest BCUT2D eigenvalue weighted by Gasteiger charge is 2.22. The molecule has 1 aromatic rings. The zero-order valence-corrected chi connectivity index (χ0v) is 11.4. The number of H-pyrrole nitrogens is 1. The van der Waals surface area contributed by atoms with Gasteiger partial charge < -0.3 is 14.6 Å². The molecule has 17 heavy (non-hydrogen) atoms. The van der Waals surface area contributed by atoms with Crippen molar-refractivity contribution in [3.63, 3.8) is 0 Å². The standard InChI is InChI=1S/C12H19N3OS/c1-4-9-8(2)13-11(14-12(9)17)10-7-15(3)5-6-16-10/h10H,4-7H2,1-3H3,(H,13,14,17). The monoisotopic (exact) mass is 253 g/mol. The largest absolute Gasteiger partial charge is 0.368 e. The average Bonchev–Trinajstić information content (AvgIpc) is 2.28. The molecule has 2 heterocycles. The minimum atomic E-state index is 0.0139. The smallest absolute Gasteiger partial charge is 0.138 e. The highest BCUT2D eigenvalue weighted by Crippen LogP contribution is 2.19. The molecule has 0 spiro atoms. The maximum atomic E-state index is 5.74. The highest BCUT2D eigenvalue weighted by atomic mass is 32.1. The number of nitrogens with one attached hydrogen (secondary N) is 1. The summed E-state index contributed by atoms with van der Waals surface area (Å²) in [4.78, 5) is 10.0. The fourth-order valence-corrected chi connectivity index (χ4v) is 2.54. The Kier molecular flexibility index (Phi) is 3.91. The second-order valence-corrected chi connectivity index (χ2v) is 4.89. The molecule has 0 saturated carbocycles. The second kappa shape index (κ2) is 5.25. The van der Waals surface area contributed by atoms with Crippen LogP contribution in [0.3, 0.4) is 0 Å². The van der Waals surface area contributed by atoms with E-state index in [0.717, 1.165) is 43.2 Å². The van der Waals surface area contributed by atoms with Crippen molar-refractivity contribution in [1.82, 2.24) is 14.9 Å². The Bertz CT molecular complexity index is 458. The zero-order chi connectivity index (χ0) is 12.4. The summed E-state index contributed by atoms with van der Waals surface area (Å²) in [6.45, 7) is 6.73. The van der Waals surface area contributed by atoms with Crippen molar-refractivity contribution >= 4 is 12.2 Å². The van der Waals surface area contributed by atoms with Crippen LogP contribution in [0.25, 0.3) is 0 Å². The fraction of sp³-hybridized carbons (Fsp3) is 0.667. The molecule has 1 atom stereocenters. The van der Waals surface area contributed by atoms with Gasteiger partial charge in [0.05, 0.1) is 6.61 Å². The van der Waals surface area contributed by atoms with Crippen LogP contribution in [0, 0.1) is 11.6 Å². The number of nitrogens with zero attached hydrogens (tertiary/aromatic N) is 2. The second-order valence-electron chi connectivity index (χ2n) is 4.51. The van der Waals surface area contributed by atoms with Gasteiger partial charge in [-0.15, -0.1) is 0 Å². The lowest BCUT2D eigenvalue weighted by Crippen LogP contribution is -2.36. The lowest BCUT2D eigenvalue weighted by atomic mass is 10.2. The number of aromatic amines is 1. The van der Waals surface area contributed by atoms with Gasteiger partial charge in [0.2, 0.25) is 0 Å². The Balaban J connectivity index is 2.30. The highest BCUT2D eigenvalue weighted by molar-refractivity contribution is 7.71. The van der Waals surface area contributed by atoms with Gasteiger partial charge in [-0.05, 0) is 20.4 Å². The molecule has 1 aliphatic rings. The third-order valence-electron chi connectivity index (χ3n) is 3.18. The third kappa shape index (κ3) is 2.73. The van der Waals surface area contributed by atoms with Gasteiger partial charge in [-0.2, -0.15) is 0 Å². The van der Waals surface area contributed by atoms with E-state index in [9.17, 15) is 0 Å². The molecule has 1 aliphatic heterocycles. The summed E-state index contributed by atoms with van der Waals surface area (Å²) in [6, 6.07) is 0. The molecule has 1 N–H and O–H groups in total. The molecule has 0 radical (unpaired) electrons. The normalized spacial score (nSPS) is 21.7. The number of morpholine rings is 1. The van der Waals surface area contributed by atoms with E-state index >= 15 is 0 Å². The van der Waals surface area contributed by atoms with Crippen LogP contribution in [-0.4, -0.2) is 41.6 Å². The van der Waals surface area contributed by atoms with E-state index in [4.69, 9.17) is 17.0 Å². The van der Waals surface area contributed by atoms with Crippen LogP contribution >= 0.6 is 12.2 Å². The Morgan fingerprint density at radius 1 is 1.59 bits per heavy atom. The first-order valence-electron chi connectivity index (χ1n) is 6.01. The number of rotatable bonds is 2. The van der Waals surface area contributed by atoms with Gasteiger partial charge in [-0.25, -0.2) is 4.98 Å². The summed E-state index contributed by atoms with van der Waals surface area (Å²) in [7, 11) is 2.09. The molecule has 1 fully saturated rings. The van der Waals surface area contributed by atoms with E-state index in [1.807, 2.05) is 6.92 Å². The van der Waals surface area contributed by atoms with Gasteiger partial charge in [0.25, 0.3) is 0 Å². The van der Waals surface area contributed by atoms with Crippen molar-refractivity contribution < 1.29 is 4.74 Å². The van der Waals surface area contributed by atoms with Crippen LogP contribution in [0.15, 0.2) is 0 Å². The van der Waals surface area contributed by atoms with E-state index in [2.05, 4.69) is 28.8 Å². The molecule has 1 aromatic heterocycles. The number of hydrogen-bond donors (Lipinski definition) is 1. The quantitative estimate of drug-likeness (QED) is 0.819. The molecular formula is C12H19N3OS. The van der Waals surface area contributed by atoms with Crippen molar-refractivity contribution in [3.8, 4) is 0 Å². The lowest BCUT2D eigenvalue weighted by molar-refractivity contribution is -0.0256. The van der Waals surface area contributed by atoms with Crippen LogP contribution in [0.5, 0.6) is 0 Å². The number of hydrogen-bond acceptors (Lipinski definition) is 4. The topological polar surface area (TPSA) is 41.2 Å². The summed E-state index contributed by atoms with van der Waals surface area (Å²) < 4.78 is 6.44. The minimum Gasteiger partial charge on any atom is -0.368 e. The SMILES string of the molecule is CCc1c(C)[nH]c(C2CN(C)CCO2)nc1=S. The van der Waals surface area contributed by atoms with E-state index in [0.29, 0.717) is 4.64 Å². The Hall–Kier alpha value is -0.780. The van der Waals surface area contributed by atoms with Gasteiger partial charge in [0.15, 0.2) is 0 Å². The Morgan fingerprint density at radius 2 is 2.35 bits per heavy atom. The predicted octanol–water partition coefficient (Wildman–Crippen LogP) is 2.01. The first-order chi connectivity index (χ1) is 8.11. The summed E-state index contributed by atoms with van der Waals surface area (Å²) in [6.07, 6.45) is 0.930. The molecule has 0 amide bonds. The molecule has 0 bridgehead atoms. The van der Waals surface area contributed by atoms with Crippen LogP contribution in [-0.2, 0) is 11.2 Å². The number of aryl methyl sites for hydroxylation is 1. The van der Waals surface area contributed by atoms with E-state index < -0.39 is 0 Å². The molecule has 4 nitrogen and oxygen atoms in total. The number of ether oxygens (including phenoxy) is 1. The number of aromatic nitrogens is 2. The predicted molar refractivity (Wildman–Crippen MR) is 69.7 cm³/mol. The van der Waals surface area contributed by atoms with Crippen LogP contribution in [0.4, 0.5) is 0 Å². The zero-order valence-electron chi connectivity index (χ0n) is 10.6. The molecule has 0 aromatic carbocycles. The van der Waals surface area contributed by atoms with E-state index in [1.54, 1.807) is 0 Å². The van der Waals surface area contributed by atoms with Gasteiger partial charge in [-0.1, -0.05) is 19.1 Å².